The lowest BCUT2D eigenvalue weighted by Gasteiger charge is -2.18. The van der Waals surface area contributed by atoms with Crippen molar-refractivity contribution in [2.75, 3.05) is 13.2 Å². The number of rotatable bonds is 56. The summed E-state index contributed by atoms with van der Waals surface area (Å²) < 4.78 is 16.8. The zero-order valence-electron chi connectivity index (χ0n) is 48.1. The molecule has 0 unspecified atom stereocenters. The summed E-state index contributed by atoms with van der Waals surface area (Å²) in [6.45, 7) is 6.56. The van der Waals surface area contributed by atoms with Crippen molar-refractivity contribution >= 4 is 17.9 Å². The van der Waals surface area contributed by atoms with Gasteiger partial charge in [-0.15, -0.1) is 0 Å². The SMILES string of the molecule is CCCCC/C=C\C/C=C\C/C=C\C/C=C\C/C=C\CCC(=O)O[C@@H](COC(=O)CCCCCCC/C=C\CCCCCCCC)COC(=O)CCCCCCCCCCCCC/C=C\CCCCCCCC. The summed E-state index contributed by atoms with van der Waals surface area (Å²) >= 11 is 0. The first kappa shape index (κ1) is 69.6. The Morgan fingerprint density at radius 1 is 0.274 bits per heavy atom. The third-order valence-corrected chi connectivity index (χ3v) is 13.4. The van der Waals surface area contributed by atoms with Crippen molar-refractivity contribution in [1.82, 2.24) is 0 Å². The van der Waals surface area contributed by atoms with Gasteiger partial charge in [-0.2, -0.15) is 0 Å². The van der Waals surface area contributed by atoms with Gasteiger partial charge in [-0.25, -0.2) is 0 Å². The summed E-state index contributed by atoms with van der Waals surface area (Å²) in [6, 6.07) is 0. The van der Waals surface area contributed by atoms with Gasteiger partial charge in [0.15, 0.2) is 6.10 Å². The number of ether oxygens (including phenoxy) is 3. The molecule has 0 aromatic carbocycles. The molecule has 0 aromatic rings. The van der Waals surface area contributed by atoms with E-state index in [1.54, 1.807) is 0 Å². The largest absolute Gasteiger partial charge is 0.462 e. The van der Waals surface area contributed by atoms with Gasteiger partial charge in [0, 0.05) is 19.3 Å². The van der Waals surface area contributed by atoms with Crippen molar-refractivity contribution in [3.63, 3.8) is 0 Å². The van der Waals surface area contributed by atoms with Gasteiger partial charge in [0.05, 0.1) is 0 Å². The summed E-state index contributed by atoms with van der Waals surface area (Å²) in [6.07, 6.45) is 80.2. The van der Waals surface area contributed by atoms with Crippen molar-refractivity contribution in [2.24, 2.45) is 0 Å². The molecule has 1 atom stereocenters. The Hall–Kier alpha value is -3.41. The number of unbranched alkanes of at least 4 members (excludes halogenated alkanes) is 31. The van der Waals surface area contributed by atoms with Crippen LogP contribution in [0.2, 0.25) is 0 Å². The Kier molecular flexibility index (Phi) is 58.3. The Balaban J connectivity index is 4.46. The zero-order valence-corrected chi connectivity index (χ0v) is 48.1. The molecule has 420 valence electrons. The van der Waals surface area contributed by atoms with E-state index in [1.165, 1.54) is 180 Å². The molecule has 0 radical (unpaired) electrons. The summed E-state index contributed by atoms with van der Waals surface area (Å²) in [5.74, 6) is -0.991. The number of esters is 3. The van der Waals surface area contributed by atoms with Crippen molar-refractivity contribution in [1.29, 1.82) is 0 Å². The highest BCUT2D eigenvalue weighted by Gasteiger charge is 2.19. The smallest absolute Gasteiger partial charge is 0.306 e. The van der Waals surface area contributed by atoms with Crippen LogP contribution in [0.15, 0.2) is 85.1 Å². The minimum absolute atomic E-state index is 0.108. The average molecular weight is 1020 g/mol. The Labute approximate surface area is 452 Å². The number of carbonyl (C=O) groups is 3. The molecule has 0 aromatic heterocycles. The fraction of sp³-hybridized carbons (Fsp3) is 0.746. The monoisotopic (exact) mass is 1020 g/mol. The Morgan fingerprint density at radius 3 is 0.863 bits per heavy atom. The summed E-state index contributed by atoms with van der Waals surface area (Å²) in [5, 5.41) is 0. The lowest BCUT2D eigenvalue weighted by Crippen LogP contribution is -2.30. The third-order valence-electron chi connectivity index (χ3n) is 13.4. The molecule has 6 nitrogen and oxygen atoms in total. The number of carbonyl (C=O) groups excluding carboxylic acids is 3. The second kappa shape index (κ2) is 61.1. The molecule has 0 saturated heterocycles. The van der Waals surface area contributed by atoms with Gasteiger partial charge in [0.25, 0.3) is 0 Å². The molecular weight excluding hydrogens is 901 g/mol. The molecule has 0 aliphatic carbocycles. The van der Waals surface area contributed by atoms with Gasteiger partial charge in [-0.1, -0.05) is 260 Å². The van der Waals surface area contributed by atoms with Gasteiger partial charge < -0.3 is 14.2 Å². The van der Waals surface area contributed by atoms with Crippen LogP contribution in [0.3, 0.4) is 0 Å². The van der Waals surface area contributed by atoms with E-state index in [2.05, 4.69) is 99.8 Å². The first-order valence-electron chi connectivity index (χ1n) is 31.1. The lowest BCUT2D eigenvalue weighted by atomic mass is 10.0. The molecule has 0 bridgehead atoms. The highest BCUT2D eigenvalue weighted by Crippen LogP contribution is 2.15. The first-order chi connectivity index (χ1) is 36.0. The van der Waals surface area contributed by atoms with E-state index >= 15 is 0 Å². The lowest BCUT2D eigenvalue weighted by molar-refractivity contribution is -0.166. The minimum Gasteiger partial charge on any atom is -0.462 e. The van der Waals surface area contributed by atoms with Gasteiger partial charge in [-0.05, 0) is 109 Å². The molecular formula is C67H116O6. The van der Waals surface area contributed by atoms with Gasteiger partial charge >= 0.3 is 17.9 Å². The number of allylic oxidation sites excluding steroid dienone is 14. The van der Waals surface area contributed by atoms with E-state index in [1.807, 2.05) is 6.08 Å². The van der Waals surface area contributed by atoms with Crippen LogP contribution < -0.4 is 0 Å². The number of hydrogen-bond donors (Lipinski definition) is 0. The van der Waals surface area contributed by atoms with Gasteiger partial charge in [-0.3, -0.25) is 14.4 Å². The van der Waals surface area contributed by atoms with Crippen LogP contribution in [0.25, 0.3) is 0 Å². The summed E-state index contributed by atoms with van der Waals surface area (Å²) in [7, 11) is 0. The van der Waals surface area contributed by atoms with Gasteiger partial charge in [0.1, 0.15) is 13.2 Å². The Morgan fingerprint density at radius 2 is 0.521 bits per heavy atom. The van der Waals surface area contributed by atoms with Gasteiger partial charge in [0.2, 0.25) is 0 Å². The maximum atomic E-state index is 12.9. The molecule has 0 rings (SSSR count). The first-order valence-corrected chi connectivity index (χ1v) is 31.1. The van der Waals surface area contributed by atoms with Crippen LogP contribution in [-0.4, -0.2) is 37.2 Å². The second-order valence-electron chi connectivity index (χ2n) is 20.6. The number of hydrogen-bond acceptors (Lipinski definition) is 6. The molecule has 0 spiro atoms. The van der Waals surface area contributed by atoms with Crippen molar-refractivity contribution in [2.45, 2.75) is 309 Å². The van der Waals surface area contributed by atoms with Crippen LogP contribution in [0, 0.1) is 0 Å². The summed E-state index contributed by atoms with van der Waals surface area (Å²) in [5.41, 5.74) is 0. The van der Waals surface area contributed by atoms with Crippen LogP contribution in [0.1, 0.15) is 303 Å². The van der Waals surface area contributed by atoms with E-state index in [-0.39, 0.29) is 31.6 Å². The molecule has 6 heteroatoms. The molecule has 0 aliphatic heterocycles. The molecule has 73 heavy (non-hydrogen) atoms. The molecule has 0 aliphatic rings. The highest BCUT2D eigenvalue weighted by molar-refractivity contribution is 5.71. The molecule has 0 fully saturated rings. The maximum Gasteiger partial charge on any atom is 0.306 e. The van der Waals surface area contributed by atoms with E-state index in [9.17, 15) is 14.4 Å². The second-order valence-corrected chi connectivity index (χ2v) is 20.6. The van der Waals surface area contributed by atoms with Crippen LogP contribution in [-0.2, 0) is 28.6 Å². The Bertz CT molecular complexity index is 1400. The molecule has 0 amide bonds. The van der Waals surface area contributed by atoms with Crippen molar-refractivity contribution < 1.29 is 28.6 Å². The molecule has 0 heterocycles. The van der Waals surface area contributed by atoms with Crippen LogP contribution in [0.4, 0.5) is 0 Å². The van der Waals surface area contributed by atoms with Crippen molar-refractivity contribution in [3.8, 4) is 0 Å². The van der Waals surface area contributed by atoms with Crippen molar-refractivity contribution in [3.05, 3.63) is 85.1 Å². The minimum atomic E-state index is -0.821. The molecule has 0 N–H and O–H groups in total. The van der Waals surface area contributed by atoms with Crippen LogP contribution >= 0.6 is 0 Å². The normalized spacial score (nSPS) is 12.6. The maximum absolute atomic E-state index is 12.9. The zero-order chi connectivity index (χ0) is 52.9. The average Bonchev–Trinajstić information content (AvgIpc) is 3.39. The van der Waals surface area contributed by atoms with E-state index in [0.717, 1.165) is 77.0 Å². The van der Waals surface area contributed by atoms with E-state index in [4.69, 9.17) is 14.2 Å². The van der Waals surface area contributed by atoms with Crippen LogP contribution in [0.5, 0.6) is 0 Å². The summed E-state index contributed by atoms with van der Waals surface area (Å²) in [4.78, 5) is 38.2. The predicted octanol–water partition coefficient (Wildman–Crippen LogP) is 21.1. The topological polar surface area (TPSA) is 78.9 Å². The standard InChI is InChI=1S/C67H116O6/c1-4-7-10-13-16-19-22-25-28-30-32-33-35-36-39-42-45-48-51-54-57-60-66(69)72-63-64(62-71-65(68)59-56-53-50-47-44-41-38-27-24-21-18-15-12-9-6-3)73-67(70)61-58-55-52-49-46-43-40-37-34-31-29-26-23-20-17-14-11-8-5-2/h17,20,25-29,34,37-38,43,46,52,55,64H,4-16,18-19,21-24,30-33,35-36,39-42,44-45,47-51,53-54,56-63H2,1-3H3/b20-17-,28-25-,29-26-,37-34-,38-27-,46-43-,55-52-/t64-/m0/s1. The molecule has 0 saturated carbocycles. The fourth-order valence-electron chi connectivity index (χ4n) is 8.65. The predicted molar refractivity (Wildman–Crippen MR) is 316 cm³/mol. The fourth-order valence-corrected chi connectivity index (χ4v) is 8.65. The third kappa shape index (κ3) is 59.3. The van der Waals surface area contributed by atoms with E-state index < -0.39 is 12.1 Å². The van der Waals surface area contributed by atoms with E-state index in [0.29, 0.717) is 19.3 Å². The highest BCUT2D eigenvalue weighted by atomic mass is 16.6. The quantitative estimate of drug-likeness (QED) is 0.0261.